The Morgan fingerprint density at radius 2 is 1.95 bits per heavy atom. The van der Waals surface area contributed by atoms with Crippen molar-refractivity contribution in [1.29, 1.82) is 0 Å². The van der Waals surface area contributed by atoms with Crippen molar-refractivity contribution < 1.29 is 13.9 Å². The number of fused-ring (bicyclic) bond motifs is 1. The normalized spacial score (nSPS) is 15.5. The van der Waals surface area contributed by atoms with Gasteiger partial charge in [0.15, 0.2) is 4.80 Å². The standard InChI is InChI=1S/C27H19BrCl2N2O4S/c1-3-35-26(34)22-14(2)31-27-32(24(22)15-7-9-16(28)10-8-15)25(33)21(37-27)13-17-11-12-20(36-17)18-5-4-6-19(29)23(18)30/h4-13,24H,3H2,1-2H3. The first-order chi connectivity index (χ1) is 17.8. The van der Waals surface area contributed by atoms with Gasteiger partial charge in [0, 0.05) is 16.1 Å². The van der Waals surface area contributed by atoms with E-state index in [0.717, 1.165) is 10.0 Å². The van der Waals surface area contributed by atoms with Crippen LogP contribution in [0.1, 0.15) is 31.2 Å². The molecule has 0 saturated carbocycles. The van der Waals surface area contributed by atoms with Gasteiger partial charge in [-0.3, -0.25) is 9.36 Å². The number of thiazole rings is 1. The number of rotatable bonds is 5. The third-order valence-corrected chi connectivity index (χ3v) is 8.15. The minimum Gasteiger partial charge on any atom is -0.463 e. The van der Waals surface area contributed by atoms with Gasteiger partial charge in [-0.2, -0.15) is 0 Å². The molecule has 0 saturated heterocycles. The van der Waals surface area contributed by atoms with Crippen LogP contribution in [-0.4, -0.2) is 17.1 Å². The number of furan rings is 1. The molecule has 2 aromatic heterocycles. The summed E-state index contributed by atoms with van der Waals surface area (Å²) in [5.41, 5.74) is 1.98. The van der Waals surface area contributed by atoms with Crippen molar-refractivity contribution in [2.24, 2.45) is 4.99 Å². The van der Waals surface area contributed by atoms with Crippen molar-refractivity contribution in [3.63, 3.8) is 0 Å². The van der Waals surface area contributed by atoms with Gasteiger partial charge in [0.25, 0.3) is 5.56 Å². The van der Waals surface area contributed by atoms with Gasteiger partial charge in [-0.1, -0.05) is 68.7 Å². The molecule has 6 nitrogen and oxygen atoms in total. The van der Waals surface area contributed by atoms with Crippen LogP contribution in [0.2, 0.25) is 10.0 Å². The molecule has 1 aliphatic rings. The first kappa shape index (κ1) is 25.7. The lowest BCUT2D eigenvalue weighted by molar-refractivity contribution is -0.139. The highest BCUT2D eigenvalue weighted by Gasteiger charge is 2.33. The number of aromatic nitrogens is 1. The molecule has 0 amide bonds. The summed E-state index contributed by atoms with van der Waals surface area (Å²) in [5, 5.41) is 0.812. The Morgan fingerprint density at radius 1 is 1.19 bits per heavy atom. The van der Waals surface area contributed by atoms with Crippen LogP contribution in [0, 0.1) is 0 Å². The minimum absolute atomic E-state index is 0.213. The maximum atomic E-state index is 13.7. The molecular formula is C27H19BrCl2N2O4S. The van der Waals surface area contributed by atoms with Crippen LogP contribution in [-0.2, 0) is 9.53 Å². The molecule has 0 fully saturated rings. The van der Waals surface area contributed by atoms with E-state index < -0.39 is 12.0 Å². The van der Waals surface area contributed by atoms with E-state index in [2.05, 4.69) is 20.9 Å². The zero-order valence-electron chi connectivity index (χ0n) is 19.6. The number of hydrogen-bond acceptors (Lipinski definition) is 6. The molecule has 0 N–H and O–H groups in total. The Bertz CT molecular complexity index is 1730. The number of halogens is 3. The predicted octanol–water partition coefficient (Wildman–Crippen LogP) is 6.13. The van der Waals surface area contributed by atoms with Gasteiger partial charge in [-0.15, -0.1) is 0 Å². The third kappa shape index (κ3) is 4.86. The zero-order chi connectivity index (χ0) is 26.3. The molecule has 188 valence electrons. The lowest BCUT2D eigenvalue weighted by atomic mass is 9.96. The van der Waals surface area contributed by atoms with Crippen LogP contribution < -0.4 is 14.9 Å². The van der Waals surface area contributed by atoms with E-state index in [1.165, 1.54) is 15.9 Å². The monoisotopic (exact) mass is 616 g/mol. The number of carbonyl (C=O) groups excluding carboxylic acids is 1. The van der Waals surface area contributed by atoms with E-state index >= 15 is 0 Å². The highest BCUT2D eigenvalue weighted by Crippen LogP contribution is 2.35. The lowest BCUT2D eigenvalue weighted by Gasteiger charge is -2.24. The molecule has 0 bridgehead atoms. The molecule has 10 heteroatoms. The maximum absolute atomic E-state index is 13.7. The molecular weight excluding hydrogens is 599 g/mol. The lowest BCUT2D eigenvalue weighted by Crippen LogP contribution is -2.39. The number of hydrogen-bond donors (Lipinski definition) is 0. The number of allylic oxidation sites excluding steroid dienone is 1. The summed E-state index contributed by atoms with van der Waals surface area (Å²) in [6, 6.07) is 15.6. The van der Waals surface area contributed by atoms with Crippen LogP contribution in [0.25, 0.3) is 17.4 Å². The Balaban J connectivity index is 1.64. The topological polar surface area (TPSA) is 73.8 Å². The summed E-state index contributed by atoms with van der Waals surface area (Å²) in [6.07, 6.45) is 1.66. The second-order valence-corrected chi connectivity index (χ2v) is 10.9. The molecule has 5 rings (SSSR count). The summed E-state index contributed by atoms with van der Waals surface area (Å²) in [7, 11) is 0. The molecule has 2 aromatic carbocycles. The highest BCUT2D eigenvalue weighted by atomic mass is 79.9. The molecule has 37 heavy (non-hydrogen) atoms. The fourth-order valence-electron chi connectivity index (χ4n) is 4.15. The first-order valence-corrected chi connectivity index (χ1v) is 13.6. The van der Waals surface area contributed by atoms with E-state index in [0.29, 0.717) is 47.7 Å². The fourth-order valence-corrected chi connectivity index (χ4v) is 5.84. The predicted molar refractivity (Wildman–Crippen MR) is 149 cm³/mol. The van der Waals surface area contributed by atoms with Gasteiger partial charge in [0.1, 0.15) is 11.5 Å². The van der Waals surface area contributed by atoms with Gasteiger partial charge in [0.05, 0.1) is 38.5 Å². The van der Waals surface area contributed by atoms with Crippen LogP contribution >= 0.6 is 50.5 Å². The molecule has 1 aliphatic heterocycles. The van der Waals surface area contributed by atoms with E-state index in [-0.39, 0.29) is 12.2 Å². The molecule has 0 spiro atoms. The number of nitrogens with zero attached hydrogens (tertiary/aromatic N) is 2. The van der Waals surface area contributed by atoms with Crippen molar-refractivity contribution in [3.05, 3.63) is 111 Å². The smallest absolute Gasteiger partial charge is 0.338 e. The minimum atomic E-state index is -0.678. The second-order valence-electron chi connectivity index (χ2n) is 8.16. The Morgan fingerprint density at radius 3 is 2.68 bits per heavy atom. The number of carbonyl (C=O) groups is 1. The third-order valence-electron chi connectivity index (χ3n) is 5.82. The van der Waals surface area contributed by atoms with Gasteiger partial charge < -0.3 is 9.15 Å². The SMILES string of the molecule is CCOC(=O)C1=C(C)N=c2sc(=Cc3ccc(-c4cccc(Cl)c4Cl)o3)c(=O)n2C1c1ccc(Br)cc1. The van der Waals surface area contributed by atoms with Crippen molar-refractivity contribution in [1.82, 2.24) is 4.57 Å². The van der Waals surface area contributed by atoms with E-state index in [1.54, 1.807) is 44.2 Å². The summed E-state index contributed by atoms with van der Waals surface area (Å²) in [6.45, 7) is 3.71. The largest absolute Gasteiger partial charge is 0.463 e. The quantitative estimate of drug-likeness (QED) is 0.253. The van der Waals surface area contributed by atoms with Crippen LogP contribution in [0.15, 0.2) is 84.5 Å². The summed E-state index contributed by atoms with van der Waals surface area (Å²) in [5.74, 6) is 0.498. The number of benzene rings is 2. The summed E-state index contributed by atoms with van der Waals surface area (Å²) < 4.78 is 14.1. The molecule has 1 atom stereocenters. The Hall–Kier alpha value is -2.91. The van der Waals surface area contributed by atoms with Gasteiger partial charge in [-0.05, 0) is 55.8 Å². The van der Waals surface area contributed by atoms with Gasteiger partial charge >= 0.3 is 5.97 Å². The molecule has 0 radical (unpaired) electrons. The van der Waals surface area contributed by atoms with Crippen LogP contribution in [0.3, 0.4) is 0 Å². The summed E-state index contributed by atoms with van der Waals surface area (Å²) in [4.78, 5) is 31.7. The zero-order valence-corrected chi connectivity index (χ0v) is 23.5. The molecule has 0 aliphatic carbocycles. The highest BCUT2D eigenvalue weighted by molar-refractivity contribution is 9.10. The Labute approximate surface area is 234 Å². The first-order valence-electron chi connectivity index (χ1n) is 11.3. The fraction of sp³-hybridized carbons (Fsp3) is 0.148. The van der Waals surface area contributed by atoms with Crippen molar-refractivity contribution in [2.45, 2.75) is 19.9 Å². The van der Waals surface area contributed by atoms with Crippen molar-refractivity contribution >= 4 is 62.5 Å². The molecule has 4 aromatic rings. The van der Waals surface area contributed by atoms with Gasteiger partial charge in [0.2, 0.25) is 0 Å². The van der Waals surface area contributed by atoms with E-state index in [9.17, 15) is 9.59 Å². The van der Waals surface area contributed by atoms with Gasteiger partial charge in [-0.25, -0.2) is 9.79 Å². The average molecular weight is 618 g/mol. The number of esters is 1. The number of ether oxygens (including phenoxy) is 1. The van der Waals surface area contributed by atoms with E-state index in [1.807, 2.05) is 30.3 Å². The summed E-state index contributed by atoms with van der Waals surface area (Å²) >= 11 is 17.2. The van der Waals surface area contributed by atoms with Crippen molar-refractivity contribution in [3.8, 4) is 11.3 Å². The van der Waals surface area contributed by atoms with E-state index in [4.69, 9.17) is 32.4 Å². The van der Waals surface area contributed by atoms with Crippen molar-refractivity contribution in [2.75, 3.05) is 6.61 Å². The maximum Gasteiger partial charge on any atom is 0.338 e. The van der Waals surface area contributed by atoms with Crippen LogP contribution in [0.5, 0.6) is 0 Å². The Kier molecular flexibility index (Phi) is 7.27. The van der Waals surface area contributed by atoms with Crippen LogP contribution in [0.4, 0.5) is 0 Å². The average Bonchev–Trinajstić information content (AvgIpc) is 3.45. The molecule has 1 unspecified atom stereocenters. The second kappa shape index (κ2) is 10.5. The molecule has 3 heterocycles.